The summed E-state index contributed by atoms with van der Waals surface area (Å²) in [5.41, 5.74) is 6.55. The number of anilines is 1. The monoisotopic (exact) mass is 556 g/mol. The Kier molecular flexibility index (Phi) is 7.28. The molecule has 0 aromatic heterocycles. The van der Waals surface area contributed by atoms with E-state index in [0.29, 0.717) is 18.0 Å². The number of rotatable bonds is 8. The number of aliphatic carboxylic acids is 1. The van der Waals surface area contributed by atoms with Crippen molar-refractivity contribution in [2.75, 3.05) is 18.5 Å². The second-order valence-corrected chi connectivity index (χ2v) is 11.8. The Labute approximate surface area is 240 Å². The van der Waals surface area contributed by atoms with Gasteiger partial charge in [0.1, 0.15) is 11.4 Å². The largest absolute Gasteiger partial charge is 0.490 e. The summed E-state index contributed by atoms with van der Waals surface area (Å²) in [6, 6.07) is 15.2. The molecule has 8 heteroatoms. The van der Waals surface area contributed by atoms with Crippen molar-refractivity contribution < 1.29 is 28.9 Å². The Balaban J connectivity index is 1.67. The number of carbonyl (C=O) groups is 2. The number of benzene rings is 3. The summed E-state index contributed by atoms with van der Waals surface area (Å²) in [5.74, 6) is 0.769. The van der Waals surface area contributed by atoms with Crippen LogP contribution in [0.5, 0.6) is 17.2 Å². The molecule has 0 aliphatic carbocycles. The molecule has 2 aliphatic heterocycles. The molecule has 0 radical (unpaired) electrons. The molecule has 2 aliphatic rings. The van der Waals surface area contributed by atoms with Crippen LogP contribution in [0.3, 0.4) is 0 Å². The highest BCUT2D eigenvalue weighted by Gasteiger charge is 2.40. The lowest BCUT2D eigenvalue weighted by molar-refractivity contribution is -0.139. The van der Waals surface area contributed by atoms with Crippen LogP contribution in [0.4, 0.5) is 5.69 Å². The molecule has 0 fully saturated rings. The average Bonchev–Trinajstić information content (AvgIpc) is 3.21. The van der Waals surface area contributed by atoms with E-state index in [4.69, 9.17) is 19.2 Å². The number of ether oxygens (including phenoxy) is 3. The van der Waals surface area contributed by atoms with E-state index in [2.05, 4.69) is 39.1 Å². The molecule has 0 saturated heterocycles. The van der Waals surface area contributed by atoms with E-state index in [9.17, 15) is 14.7 Å². The molecule has 1 amide bonds. The first-order chi connectivity index (χ1) is 19.4. The summed E-state index contributed by atoms with van der Waals surface area (Å²) in [6.45, 7) is 11.9. The number of amides is 1. The molecule has 3 aromatic rings. The summed E-state index contributed by atoms with van der Waals surface area (Å²) in [6.07, 6.45) is 1.49. The summed E-state index contributed by atoms with van der Waals surface area (Å²) in [5, 5.41) is 12.0. The highest BCUT2D eigenvalue weighted by Crippen LogP contribution is 2.48. The first-order valence-corrected chi connectivity index (χ1v) is 13.8. The van der Waals surface area contributed by atoms with Crippen LogP contribution in [0.25, 0.3) is 11.1 Å². The molecule has 2 heterocycles. The number of nitrogens with one attached hydrogen (secondary N) is 1. The van der Waals surface area contributed by atoms with E-state index < -0.39 is 12.6 Å². The van der Waals surface area contributed by atoms with Gasteiger partial charge in [-0.3, -0.25) is 9.79 Å². The first kappa shape index (κ1) is 28.2. The van der Waals surface area contributed by atoms with Gasteiger partial charge in [-0.25, -0.2) is 4.79 Å². The van der Waals surface area contributed by atoms with Gasteiger partial charge in [0.2, 0.25) is 5.91 Å². The molecule has 3 aromatic carbocycles. The van der Waals surface area contributed by atoms with Gasteiger partial charge < -0.3 is 24.6 Å². The SMILES string of the molecule is CCOc1cc2c(c3c1OC(C)(C)C3)C(c1ccc(OCC(=O)O)c(-c3ccc(NC(C)=O)cc3)c1)=NC(C)(C)C2. The maximum Gasteiger partial charge on any atom is 0.341 e. The predicted molar refractivity (Wildman–Crippen MR) is 159 cm³/mol. The number of carboxylic acid groups (broad SMARTS) is 1. The third-order valence-electron chi connectivity index (χ3n) is 7.10. The van der Waals surface area contributed by atoms with Gasteiger partial charge >= 0.3 is 5.97 Å². The molecule has 8 nitrogen and oxygen atoms in total. The Morgan fingerprint density at radius 3 is 2.34 bits per heavy atom. The number of fused-ring (bicyclic) bond motifs is 3. The van der Waals surface area contributed by atoms with E-state index in [1.807, 2.05) is 43.3 Å². The minimum atomic E-state index is -1.06. The van der Waals surface area contributed by atoms with Crippen LogP contribution in [0.1, 0.15) is 63.8 Å². The van der Waals surface area contributed by atoms with E-state index in [-0.39, 0.29) is 17.0 Å². The van der Waals surface area contributed by atoms with Crippen LogP contribution in [-0.2, 0) is 22.4 Å². The number of nitrogens with zero attached hydrogens (tertiary/aromatic N) is 1. The normalized spacial score (nSPS) is 16.1. The molecule has 41 heavy (non-hydrogen) atoms. The van der Waals surface area contributed by atoms with Crippen molar-refractivity contribution in [1.29, 1.82) is 0 Å². The molecule has 5 rings (SSSR count). The standard InChI is InChI=1S/C33H36N2O6/c1-7-39-27-15-22-16-32(3,4)35-30(29(22)25-17-33(5,6)41-31(25)27)21-10-13-26(40-18-28(37)38)24(14-21)20-8-11-23(12-9-20)34-19(2)36/h8-15H,7,16-18H2,1-6H3,(H,34,36)(H,37,38). The smallest absolute Gasteiger partial charge is 0.341 e. The maximum absolute atomic E-state index is 11.5. The van der Waals surface area contributed by atoms with E-state index >= 15 is 0 Å². The van der Waals surface area contributed by atoms with Crippen molar-refractivity contribution in [3.63, 3.8) is 0 Å². The minimum Gasteiger partial charge on any atom is -0.490 e. The zero-order valence-corrected chi connectivity index (χ0v) is 24.4. The molecular formula is C33H36N2O6. The van der Waals surface area contributed by atoms with Gasteiger partial charge in [-0.1, -0.05) is 12.1 Å². The van der Waals surface area contributed by atoms with Gasteiger partial charge in [-0.15, -0.1) is 0 Å². The number of aliphatic imine (C=N–C) groups is 1. The predicted octanol–water partition coefficient (Wildman–Crippen LogP) is 6.06. The molecular weight excluding hydrogens is 520 g/mol. The minimum absolute atomic E-state index is 0.158. The van der Waals surface area contributed by atoms with Crippen LogP contribution < -0.4 is 19.5 Å². The highest BCUT2D eigenvalue weighted by atomic mass is 16.5. The van der Waals surface area contributed by atoms with Crippen molar-refractivity contribution in [3.8, 4) is 28.4 Å². The van der Waals surface area contributed by atoms with Crippen molar-refractivity contribution in [1.82, 2.24) is 0 Å². The quantitative estimate of drug-likeness (QED) is 0.349. The summed E-state index contributed by atoms with van der Waals surface area (Å²) in [4.78, 5) is 28.1. The third kappa shape index (κ3) is 5.92. The van der Waals surface area contributed by atoms with Gasteiger partial charge in [0.05, 0.1) is 17.9 Å². The number of hydrogen-bond donors (Lipinski definition) is 2. The van der Waals surface area contributed by atoms with Crippen molar-refractivity contribution in [2.24, 2.45) is 4.99 Å². The maximum atomic E-state index is 11.5. The molecule has 0 spiro atoms. The molecule has 0 unspecified atom stereocenters. The van der Waals surface area contributed by atoms with E-state index in [1.54, 1.807) is 6.07 Å². The van der Waals surface area contributed by atoms with Crippen molar-refractivity contribution >= 4 is 23.3 Å². The van der Waals surface area contributed by atoms with E-state index in [1.165, 1.54) is 6.92 Å². The summed E-state index contributed by atoms with van der Waals surface area (Å²) >= 11 is 0. The van der Waals surface area contributed by atoms with Crippen LogP contribution >= 0.6 is 0 Å². The Morgan fingerprint density at radius 1 is 0.976 bits per heavy atom. The van der Waals surface area contributed by atoms with Crippen molar-refractivity contribution in [3.05, 3.63) is 70.8 Å². The Hall–Kier alpha value is -4.33. The second-order valence-electron chi connectivity index (χ2n) is 11.8. The fraction of sp³-hybridized carbons (Fsp3) is 0.364. The van der Waals surface area contributed by atoms with Gasteiger partial charge in [-0.2, -0.15) is 0 Å². The Morgan fingerprint density at radius 2 is 1.68 bits per heavy atom. The van der Waals surface area contributed by atoms with E-state index in [0.717, 1.165) is 63.4 Å². The third-order valence-corrected chi connectivity index (χ3v) is 7.10. The van der Waals surface area contributed by atoms with Crippen LogP contribution in [-0.4, -0.2) is 47.0 Å². The fourth-order valence-electron chi connectivity index (χ4n) is 5.65. The van der Waals surface area contributed by atoms with Gasteiger partial charge in [0.15, 0.2) is 18.1 Å². The number of hydrogen-bond acceptors (Lipinski definition) is 6. The lowest BCUT2D eigenvalue weighted by atomic mass is 9.80. The second kappa shape index (κ2) is 10.6. The summed E-state index contributed by atoms with van der Waals surface area (Å²) < 4.78 is 18.1. The number of carboxylic acids is 1. The topological polar surface area (TPSA) is 106 Å². The van der Waals surface area contributed by atoms with Crippen molar-refractivity contribution in [2.45, 2.75) is 65.5 Å². The average molecular weight is 557 g/mol. The first-order valence-electron chi connectivity index (χ1n) is 13.8. The Bertz CT molecular complexity index is 1550. The van der Waals surface area contributed by atoms with Gasteiger partial charge in [0.25, 0.3) is 0 Å². The molecule has 214 valence electrons. The zero-order chi connectivity index (χ0) is 29.5. The van der Waals surface area contributed by atoms with Crippen LogP contribution in [0, 0.1) is 0 Å². The van der Waals surface area contributed by atoms with Gasteiger partial charge in [-0.05, 0) is 88.6 Å². The fourth-order valence-corrected chi connectivity index (χ4v) is 5.65. The molecule has 0 atom stereocenters. The lowest BCUT2D eigenvalue weighted by Gasteiger charge is -2.31. The number of carbonyl (C=O) groups excluding carboxylic acids is 1. The highest BCUT2D eigenvalue weighted by molar-refractivity contribution is 6.16. The molecule has 2 N–H and O–H groups in total. The lowest BCUT2D eigenvalue weighted by Crippen LogP contribution is -2.30. The zero-order valence-electron chi connectivity index (χ0n) is 24.4. The summed E-state index contributed by atoms with van der Waals surface area (Å²) in [7, 11) is 0. The van der Waals surface area contributed by atoms with Crippen LogP contribution in [0.2, 0.25) is 0 Å². The molecule has 0 saturated carbocycles. The molecule has 0 bridgehead atoms. The van der Waals surface area contributed by atoms with Crippen LogP contribution in [0.15, 0.2) is 53.5 Å². The van der Waals surface area contributed by atoms with Gasteiger partial charge in [0, 0.05) is 41.3 Å².